The van der Waals surface area contributed by atoms with Gasteiger partial charge in [0.05, 0.1) is 22.2 Å². The van der Waals surface area contributed by atoms with Gasteiger partial charge in [0.2, 0.25) is 0 Å². The van der Waals surface area contributed by atoms with Crippen LogP contribution >= 0.6 is 0 Å². The fraction of sp³-hybridized carbons (Fsp3) is 0.167. The minimum absolute atomic E-state index is 0.426. The van der Waals surface area contributed by atoms with Crippen LogP contribution in [0.25, 0.3) is 60.6 Å². The SMILES string of the molecule is CC1(C)OB(c2cccc3oc4ccc(-c5cccc6c7ccccc7n(-c7ccccc7)c56)cc4c23)OC1(C)C. The summed E-state index contributed by atoms with van der Waals surface area (Å²) < 4.78 is 21.7. The lowest BCUT2D eigenvalue weighted by atomic mass is 9.76. The monoisotopic (exact) mass is 535 g/mol. The van der Waals surface area contributed by atoms with Gasteiger partial charge >= 0.3 is 7.12 Å². The Balaban J connectivity index is 1.39. The highest BCUT2D eigenvalue weighted by atomic mass is 16.7. The van der Waals surface area contributed by atoms with Crippen LogP contribution in [0.3, 0.4) is 0 Å². The normalized spacial score (nSPS) is 16.4. The van der Waals surface area contributed by atoms with Crippen molar-refractivity contribution in [1.29, 1.82) is 0 Å². The summed E-state index contributed by atoms with van der Waals surface area (Å²) in [7, 11) is -0.475. The molecule has 1 aliphatic heterocycles. The van der Waals surface area contributed by atoms with Crippen LogP contribution in [0.5, 0.6) is 0 Å². The maximum atomic E-state index is 6.48. The molecule has 0 bridgehead atoms. The summed E-state index contributed by atoms with van der Waals surface area (Å²) in [5.74, 6) is 0. The second kappa shape index (κ2) is 8.59. The minimum atomic E-state index is -0.475. The lowest BCUT2D eigenvalue weighted by Gasteiger charge is -2.32. The van der Waals surface area contributed by atoms with Gasteiger partial charge in [-0.2, -0.15) is 0 Å². The van der Waals surface area contributed by atoms with E-state index < -0.39 is 18.3 Å². The van der Waals surface area contributed by atoms with Gasteiger partial charge in [-0.15, -0.1) is 0 Å². The van der Waals surface area contributed by atoms with Gasteiger partial charge in [0.25, 0.3) is 0 Å². The molecule has 0 amide bonds. The molecule has 8 rings (SSSR count). The molecule has 200 valence electrons. The molecule has 0 aliphatic carbocycles. The Hall–Kier alpha value is -4.32. The highest BCUT2D eigenvalue weighted by Crippen LogP contribution is 2.41. The lowest BCUT2D eigenvalue weighted by molar-refractivity contribution is 0.00578. The summed E-state index contributed by atoms with van der Waals surface area (Å²) in [4.78, 5) is 0. The molecular formula is C36H30BNO3. The van der Waals surface area contributed by atoms with E-state index in [9.17, 15) is 0 Å². The number of nitrogens with zero attached hydrogens (tertiary/aromatic N) is 1. The molecule has 1 saturated heterocycles. The van der Waals surface area contributed by atoms with Crippen molar-refractivity contribution in [2.45, 2.75) is 38.9 Å². The first-order valence-electron chi connectivity index (χ1n) is 14.2. The van der Waals surface area contributed by atoms with Crippen molar-refractivity contribution in [2.75, 3.05) is 0 Å². The molecule has 1 fully saturated rings. The molecule has 0 radical (unpaired) electrons. The largest absolute Gasteiger partial charge is 0.495 e. The molecule has 7 aromatic rings. The predicted octanol–water partition coefficient (Wildman–Crippen LogP) is 8.65. The smallest absolute Gasteiger partial charge is 0.456 e. The molecule has 0 N–H and O–H groups in total. The van der Waals surface area contributed by atoms with Crippen LogP contribution in [0.2, 0.25) is 0 Å². The molecular weight excluding hydrogens is 505 g/mol. The zero-order valence-electron chi connectivity index (χ0n) is 23.6. The van der Waals surface area contributed by atoms with Crippen molar-refractivity contribution in [2.24, 2.45) is 0 Å². The van der Waals surface area contributed by atoms with Crippen molar-refractivity contribution in [1.82, 2.24) is 4.57 Å². The fourth-order valence-electron chi connectivity index (χ4n) is 6.28. The average molecular weight is 535 g/mol. The Morgan fingerprint density at radius 2 is 1.32 bits per heavy atom. The molecule has 1 aliphatic rings. The van der Waals surface area contributed by atoms with E-state index in [0.717, 1.165) is 38.7 Å². The second-order valence-electron chi connectivity index (χ2n) is 12.0. The Kier molecular flexibility index (Phi) is 5.13. The van der Waals surface area contributed by atoms with Crippen molar-refractivity contribution in [3.63, 3.8) is 0 Å². The Morgan fingerprint density at radius 1 is 0.610 bits per heavy atom. The molecule has 5 aromatic carbocycles. The van der Waals surface area contributed by atoms with Gasteiger partial charge in [-0.3, -0.25) is 0 Å². The highest BCUT2D eigenvalue weighted by Gasteiger charge is 2.52. The summed E-state index contributed by atoms with van der Waals surface area (Å²) in [5.41, 5.74) is 7.66. The molecule has 0 unspecified atom stereocenters. The predicted molar refractivity (Wildman–Crippen MR) is 169 cm³/mol. The summed E-state index contributed by atoms with van der Waals surface area (Å²) in [6, 6.07) is 38.5. The molecule has 41 heavy (non-hydrogen) atoms. The first-order chi connectivity index (χ1) is 19.8. The number of furan rings is 1. The Bertz CT molecular complexity index is 2100. The first kappa shape index (κ1) is 24.5. The van der Waals surface area contributed by atoms with Crippen molar-refractivity contribution in [3.8, 4) is 16.8 Å². The van der Waals surface area contributed by atoms with Crippen LogP contribution in [0.4, 0.5) is 0 Å². The third kappa shape index (κ3) is 3.56. The molecule has 0 spiro atoms. The first-order valence-corrected chi connectivity index (χ1v) is 14.2. The molecule has 0 saturated carbocycles. The summed E-state index contributed by atoms with van der Waals surface area (Å²) in [6.45, 7) is 8.35. The van der Waals surface area contributed by atoms with E-state index in [1.807, 2.05) is 12.1 Å². The van der Waals surface area contributed by atoms with Crippen LogP contribution in [-0.2, 0) is 9.31 Å². The minimum Gasteiger partial charge on any atom is -0.456 e. The molecule has 4 nitrogen and oxygen atoms in total. The van der Waals surface area contributed by atoms with E-state index in [0.29, 0.717) is 0 Å². The third-order valence-corrected chi connectivity index (χ3v) is 9.05. The quantitative estimate of drug-likeness (QED) is 0.213. The number of fused-ring (bicyclic) bond motifs is 6. The van der Waals surface area contributed by atoms with Crippen molar-refractivity contribution >= 4 is 56.3 Å². The van der Waals surface area contributed by atoms with E-state index in [-0.39, 0.29) is 0 Å². The van der Waals surface area contributed by atoms with Gasteiger partial charge in [-0.1, -0.05) is 72.8 Å². The van der Waals surface area contributed by atoms with Crippen LogP contribution in [0, 0.1) is 0 Å². The van der Waals surface area contributed by atoms with E-state index in [1.54, 1.807) is 0 Å². The van der Waals surface area contributed by atoms with Gasteiger partial charge in [-0.25, -0.2) is 0 Å². The Morgan fingerprint density at radius 3 is 2.12 bits per heavy atom. The zero-order valence-corrected chi connectivity index (χ0v) is 23.6. The molecule has 5 heteroatoms. The standard InChI is InChI=1S/C36H30BNO3/c1-35(2)36(3,4)41-37(40-35)29-17-11-19-32-33(29)28-22-23(20-21-31(28)39-32)25-15-10-16-27-26-14-8-9-18-30(26)38(34(25)27)24-12-6-5-7-13-24/h5-22H,1-4H3. The van der Waals surface area contributed by atoms with Gasteiger partial charge in [-0.05, 0) is 75.1 Å². The molecule has 2 aromatic heterocycles. The van der Waals surface area contributed by atoms with E-state index in [2.05, 4.69) is 129 Å². The van der Waals surface area contributed by atoms with Crippen LogP contribution in [0.15, 0.2) is 114 Å². The van der Waals surface area contributed by atoms with E-state index >= 15 is 0 Å². The number of para-hydroxylation sites is 3. The molecule has 0 atom stereocenters. The summed E-state index contributed by atoms with van der Waals surface area (Å²) in [6.07, 6.45) is 0. The number of hydrogen-bond donors (Lipinski definition) is 0. The second-order valence-corrected chi connectivity index (χ2v) is 12.0. The fourth-order valence-corrected chi connectivity index (χ4v) is 6.28. The van der Waals surface area contributed by atoms with E-state index in [1.165, 1.54) is 27.4 Å². The number of rotatable bonds is 3. The van der Waals surface area contributed by atoms with Crippen LogP contribution in [-0.4, -0.2) is 22.9 Å². The maximum Gasteiger partial charge on any atom is 0.495 e. The number of benzene rings is 5. The van der Waals surface area contributed by atoms with E-state index in [4.69, 9.17) is 13.7 Å². The van der Waals surface area contributed by atoms with Gasteiger partial charge < -0.3 is 18.3 Å². The molecule has 3 heterocycles. The summed E-state index contributed by atoms with van der Waals surface area (Å²) >= 11 is 0. The summed E-state index contributed by atoms with van der Waals surface area (Å²) in [5, 5.41) is 4.57. The third-order valence-electron chi connectivity index (χ3n) is 9.05. The van der Waals surface area contributed by atoms with Gasteiger partial charge in [0.1, 0.15) is 11.2 Å². The van der Waals surface area contributed by atoms with Gasteiger partial charge in [0, 0.05) is 32.8 Å². The zero-order chi connectivity index (χ0) is 27.9. The van der Waals surface area contributed by atoms with Gasteiger partial charge in [0.15, 0.2) is 0 Å². The van der Waals surface area contributed by atoms with Crippen molar-refractivity contribution < 1.29 is 13.7 Å². The van der Waals surface area contributed by atoms with Crippen LogP contribution in [0.1, 0.15) is 27.7 Å². The Labute approximate surface area is 239 Å². The number of hydrogen-bond acceptors (Lipinski definition) is 3. The lowest BCUT2D eigenvalue weighted by Crippen LogP contribution is -2.41. The van der Waals surface area contributed by atoms with Crippen molar-refractivity contribution in [3.05, 3.63) is 109 Å². The average Bonchev–Trinajstić information content (AvgIpc) is 3.59. The topological polar surface area (TPSA) is 36.5 Å². The maximum absolute atomic E-state index is 6.48. The highest BCUT2D eigenvalue weighted by molar-refractivity contribution is 6.66. The number of aromatic nitrogens is 1. The van der Waals surface area contributed by atoms with Crippen LogP contribution < -0.4 is 5.46 Å².